The van der Waals surface area contributed by atoms with Crippen molar-refractivity contribution in [2.75, 3.05) is 40.0 Å². The molecule has 1 atom stereocenters. The number of hydrogen-bond acceptors (Lipinski definition) is 6. The molecule has 7 heteroatoms. The van der Waals surface area contributed by atoms with Gasteiger partial charge in [-0.2, -0.15) is 0 Å². The van der Waals surface area contributed by atoms with Crippen LogP contribution in [0.3, 0.4) is 0 Å². The van der Waals surface area contributed by atoms with Gasteiger partial charge in [-0.3, -0.25) is 0 Å². The minimum atomic E-state index is -3.10. The zero-order valence-electron chi connectivity index (χ0n) is 15.0. The lowest BCUT2D eigenvalue weighted by Crippen LogP contribution is -2.51. The average Bonchev–Trinajstić information content (AvgIpc) is 2.51. The Morgan fingerprint density at radius 1 is 0.909 bits per heavy atom. The van der Waals surface area contributed by atoms with Gasteiger partial charge in [0.05, 0.1) is 0 Å². The van der Waals surface area contributed by atoms with E-state index in [-0.39, 0.29) is 6.29 Å². The van der Waals surface area contributed by atoms with Crippen molar-refractivity contribution in [1.82, 2.24) is 5.32 Å². The van der Waals surface area contributed by atoms with Crippen molar-refractivity contribution in [3.63, 3.8) is 0 Å². The van der Waals surface area contributed by atoms with E-state index in [0.717, 1.165) is 25.9 Å². The molecule has 0 rings (SSSR count). The van der Waals surface area contributed by atoms with Crippen molar-refractivity contribution >= 4 is 9.05 Å². The summed E-state index contributed by atoms with van der Waals surface area (Å²) in [5, 5.41) is 3.42. The lowest BCUT2D eigenvalue weighted by molar-refractivity contribution is -0.146. The van der Waals surface area contributed by atoms with Crippen LogP contribution in [0.2, 0.25) is 0 Å². The molecule has 0 saturated carbocycles. The lowest BCUT2D eigenvalue weighted by Gasteiger charge is -2.30. The van der Waals surface area contributed by atoms with E-state index in [0.29, 0.717) is 19.8 Å². The van der Waals surface area contributed by atoms with E-state index in [4.69, 9.17) is 22.4 Å². The van der Waals surface area contributed by atoms with Gasteiger partial charge in [0.1, 0.15) is 0 Å². The molecule has 0 aliphatic rings. The number of nitrogens with one attached hydrogen (secondary N) is 1. The highest BCUT2D eigenvalue weighted by Crippen LogP contribution is 2.17. The largest absolute Gasteiger partial charge is 0.681 e. The minimum absolute atomic E-state index is 0.359. The van der Waals surface area contributed by atoms with Crippen LogP contribution in [0, 0.1) is 0 Å². The van der Waals surface area contributed by atoms with Crippen LogP contribution in [0.4, 0.5) is 0 Å². The van der Waals surface area contributed by atoms with E-state index < -0.39 is 9.05 Å². The molecule has 0 heterocycles. The Hall–Kier alpha value is -0.0231. The zero-order chi connectivity index (χ0) is 16.7. The molecule has 0 fully saturated rings. The highest BCUT2D eigenvalue weighted by molar-refractivity contribution is 6.53. The molecule has 0 bridgehead atoms. The molecule has 134 valence electrons. The Morgan fingerprint density at radius 3 is 2.05 bits per heavy atom. The van der Waals surface area contributed by atoms with Gasteiger partial charge in [-0.1, -0.05) is 13.3 Å². The first kappa shape index (κ1) is 22.0. The maximum Gasteiger partial charge on any atom is 0.681 e. The summed E-state index contributed by atoms with van der Waals surface area (Å²) >= 11 is 0. The predicted molar refractivity (Wildman–Crippen MR) is 89.5 cm³/mol. The van der Waals surface area contributed by atoms with E-state index in [1.807, 2.05) is 20.8 Å². The van der Waals surface area contributed by atoms with Gasteiger partial charge in [0.2, 0.25) is 0 Å². The van der Waals surface area contributed by atoms with Gasteiger partial charge < -0.3 is 27.8 Å². The quantitative estimate of drug-likeness (QED) is 0.265. The van der Waals surface area contributed by atoms with Gasteiger partial charge in [-0.25, -0.2) is 0 Å². The van der Waals surface area contributed by atoms with Crippen molar-refractivity contribution in [3.8, 4) is 0 Å². The number of rotatable bonds is 16. The van der Waals surface area contributed by atoms with Gasteiger partial charge in [0.25, 0.3) is 0 Å². The first-order valence-corrected chi connectivity index (χ1v) is 10.1. The van der Waals surface area contributed by atoms with Crippen molar-refractivity contribution in [2.24, 2.45) is 0 Å². The molecule has 1 N–H and O–H groups in total. The van der Waals surface area contributed by atoms with Crippen molar-refractivity contribution in [2.45, 2.75) is 59.7 Å². The molecule has 0 aromatic carbocycles. The fourth-order valence-electron chi connectivity index (χ4n) is 1.97. The molecule has 0 radical (unpaired) electrons. The molecule has 0 saturated heterocycles. The summed E-state index contributed by atoms with van der Waals surface area (Å²) in [5.74, 6) is 0. The van der Waals surface area contributed by atoms with Crippen LogP contribution in [0.25, 0.3) is 0 Å². The summed E-state index contributed by atoms with van der Waals surface area (Å²) in [7, 11) is -1.53. The molecular weight excluding hydrogens is 302 g/mol. The number of hydrogen-bond donors (Lipinski definition) is 1. The summed E-state index contributed by atoms with van der Waals surface area (Å²) < 4.78 is 28.3. The smallest absolute Gasteiger partial charge is 0.355 e. The van der Waals surface area contributed by atoms with E-state index in [1.54, 1.807) is 7.11 Å². The maximum absolute atomic E-state index is 5.96. The second kappa shape index (κ2) is 14.6. The van der Waals surface area contributed by atoms with E-state index in [2.05, 4.69) is 12.2 Å². The molecule has 1 unspecified atom stereocenters. The highest BCUT2D eigenvalue weighted by Gasteiger charge is 2.46. The number of ether oxygens (including phenoxy) is 1. The van der Waals surface area contributed by atoms with Crippen LogP contribution in [-0.2, 0) is 22.4 Å². The number of unbranched alkanes of at least 4 members (excludes halogenated alkanes) is 1. The van der Waals surface area contributed by atoms with E-state index in [9.17, 15) is 0 Å². The Kier molecular flexibility index (Phi) is 14.5. The fourth-order valence-corrected chi connectivity index (χ4v) is 3.74. The van der Waals surface area contributed by atoms with Crippen LogP contribution in [0.5, 0.6) is 0 Å². The third-order valence-electron chi connectivity index (χ3n) is 3.02. The fraction of sp³-hybridized carbons (Fsp3) is 1.00. The van der Waals surface area contributed by atoms with Crippen molar-refractivity contribution in [3.05, 3.63) is 0 Å². The molecule has 22 heavy (non-hydrogen) atoms. The lowest BCUT2D eigenvalue weighted by atomic mass is 10.3. The standard InChI is InChI=1S/C15H35NO5Si/c1-6-10-13-16-14-11-12-15(18-7-2)21-22(17-5,19-8-3)20-9-4/h15-16H,6-14H2,1-5H3. The first-order chi connectivity index (χ1) is 10.7. The molecule has 0 aliphatic carbocycles. The van der Waals surface area contributed by atoms with Gasteiger partial charge in [-0.15, -0.1) is 0 Å². The molecular formula is C15H35NO5Si. The first-order valence-electron chi connectivity index (χ1n) is 8.51. The van der Waals surface area contributed by atoms with Crippen molar-refractivity contribution in [1.29, 1.82) is 0 Å². The average molecular weight is 338 g/mol. The summed E-state index contributed by atoms with van der Waals surface area (Å²) in [5.41, 5.74) is 0. The van der Waals surface area contributed by atoms with Gasteiger partial charge in [0, 0.05) is 26.9 Å². The van der Waals surface area contributed by atoms with Crippen LogP contribution in [0.1, 0.15) is 53.4 Å². The molecule has 0 aromatic heterocycles. The van der Waals surface area contributed by atoms with Crippen LogP contribution in [0.15, 0.2) is 0 Å². The van der Waals surface area contributed by atoms with Crippen LogP contribution < -0.4 is 5.32 Å². The summed E-state index contributed by atoms with van der Waals surface area (Å²) in [6, 6.07) is 0. The molecule has 0 aliphatic heterocycles. The second-order valence-corrected chi connectivity index (χ2v) is 7.04. The Labute approximate surface area is 137 Å². The molecule has 0 aromatic rings. The summed E-state index contributed by atoms with van der Waals surface area (Å²) in [6.45, 7) is 11.5. The van der Waals surface area contributed by atoms with E-state index in [1.165, 1.54) is 12.8 Å². The van der Waals surface area contributed by atoms with E-state index >= 15 is 0 Å². The summed E-state index contributed by atoms with van der Waals surface area (Å²) in [4.78, 5) is 0. The third-order valence-corrected chi connectivity index (χ3v) is 5.36. The Morgan fingerprint density at radius 2 is 1.55 bits per heavy atom. The highest BCUT2D eigenvalue weighted by atomic mass is 28.4. The predicted octanol–water partition coefficient (Wildman–Crippen LogP) is 2.69. The second-order valence-electron chi connectivity index (χ2n) is 4.82. The molecule has 6 nitrogen and oxygen atoms in total. The van der Waals surface area contributed by atoms with Crippen LogP contribution >= 0.6 is 0 Å². The van der Waals surface area contributed by atoms with Gasteiger partial charge in [-0.05, 0) is 53.1 Å². The molecule has 0 amide bonds. The van der Waals surface area contributed by atoms with Crippen LogP contribution in [-0.4, -0.2) is 55.4 Å². The Balaban J connectivity index is 4.32. The summed E-state index contributed by atoms with van der Waals surface area (Å²) in [6.07, 6.45) is 3.82. The SMILES string of the molecule is CCCCNCCCC(OCC)O[Si](OC)(OCC)OCC. The Bertz CT molecular complexity index is 240. The third kappa shape index (κ3) is 9.89. The maximum atomic E-state index is 5.96. The van der Waals surface area contributed by atoms with Gasteiger partial charge in [0.15, 0.2) is 6.29 Å². The topological polar surface area (TPSA) is 58.2 Å². The monoisotopic (exact) mass is 337 g/mol. The zero-order valence-corrected chi connectivity index (χ0v) is 16.0. The minimum Gasteiger partial charge on any atom is -0.355 e. The normalized spacial score (nSPS) is 13.5. The van der Waals surface area contributed by atoms with Crippen molar-refractivity contribution < 1.29 is 22.4 Å². The van der Waals surface area contributed by atoms with Gasteiger partial charge >= 0.3 is 9.05 Å². The molecule has 0 spiro atoms.